The molecule has 0 bridgehead atoms. The first-order chi connectivity index (χ1) is 11.8. The highest BCUT2D eigenvalue weighted by Crippen LogP contribution is 2.35. The monoisotopic (exact) mass is 387 g/mol. The van der Waals surface area contributed by atoms with Crippen LogP contribution in [0.5, 0.6) is 0 Å². The molecule has 1 aromatic carbocycles. The second-order valence-corrected chi connectivity index (χ2v) is 6.64. The summed E-state index contributed by atoms with van der Waals surface area (Å²) in [5.41, 5.74) is 0.280. The Kier molecular flexibility index (Phi) is 4.76. The van der Waals surface area contributed by atoms with Crippen molar-refractivity contribution in [2.24, 2.45) is 5.92 Å². The summed E-state index contributed by atoms with van der Waals surface area (Å²) in [4.78, 5) is 38.4. The van der Waals surface area contributed by atoms with E-state index in [4.69, 9.17) is 37.4 Å². The molecule has 3 rings (SSSR count). The van der Waals surface area contributed by atoms with E-state index in [0.717, 1.165) is 4.90 Å². The standard InChI is InChI=1S/C16H15Cl2NO6/c1-16(24-3-4-25-16)10(15(22)23-2)7-19-13(20)8-5-11(17)12(18)6-9(8)14(19)21/h5-6,10H,3-4,7H2,1-2H3. The van der Waals surface area contributed by atoms with Gasteiger partial charge in [-0.2, -0.15) is 0 Å². The second kappa shape index (κ2) is 6.57. The van der Waals surface area contributed by atoms with Gasteiger partial charge in [0.1, 0.15) is 5.92 Å². The lowest BCUT2D eigenvalue weighted by Crippen LogP contribution is -2.49. The van der Waals surface area contributed by atoms with E-state index in [1.54, 1.807) is 6.92 Å². The number of amides is 2. The summed E-state index contributed by atoms with van der Waals surface area (Å²) in [6, 6.07) is 2.69. The van der Waals surface area contributed by atoms with E-state index in [1.165, 1.54) is 19.2 Å². The quantitative estimate of drug-likeness (QED) is 0.581. The molecule has 1 atom stereocenters. The third-order valence-corrected chi connectivity index (χ3v) is 5.08. The average molecular weight is 388 g/mol. The Morgan fingerprint density at radius 1 is 1.20 bits per heavy atom. The molecule has 9 heteroatoms. The number of carbonyl (C=O) groups is 3. The van der Waals surface area contributed by atoms with Gasteiger partial charge in [-0.05, 0) is 19.1 Å². The molecule has 1 fully saturated rings. The third-order valence-electron chi connectivity index (χ3n) is 4.36. The predicted molar refractivity (Wildman–Crippen MR) is 87.6 cm³/mol. The van der Waals surface area contributed by atoms with Gasteiger partial charge in [0.25, 0.3) is 11.8 Å². The molecular formula is C16H15Cl2NO6. The summed E-state index contributed by atoms with van der Waals surface area (Å²) in [7, 11) is 1.22. The lowest BCUT2D eigenvalue weighted by atomic mass is 9.99. The van der Waals surface area contributed by atoms with Gasteiger partial charge in [0.2, 0.25) is 0 Å². The number of halogens is 2. The van der Waals surface area contributed by atoms with Gasteiger partial charge in [0, 0.05) is 6.54 Å². The molecule has 134 valence electrons. The first-order valence-corrected chi connectivity index (χ1v) is 8.25. The fraction of sp³-hybridized carbons (Fsp3) is 0.438. The highest BCUT2D eigenvalue weighted by atomic mass is 35.5. The van der Waals surface area contributed by atoms with Crippen LogP contribution in [0.4, 0.5) is 0 Å². The Labute approximate surface area is 153 Å². The molecule has 0 radical (unpaired) electrons. The molecule has 0 aliphatic carbocycles. The van der Waals surface area contributed by atoms with Crippen LogP contribution in [0.15, 0.2) is 12.1 Å². The molecule has 25 heavy (non-hydrogen) atoms. The Bertz CT molecular complexity index is 718. The highest BCUT2D eigenvalue weighted by molar-refractivity contribution is 6.43. The molecule has 2 aliphatic heterocycles. The molecule has 2 aliphatic rings. The Morgan fingerprint density at radius 2 is 1.68 bits per heavy atom. The zero-order valence-electron chi connectivity index (χ0n) is 13.5. The van der Waals surface area contributed by atoms with Crippen LogP contribution in [0.25, 0.3) is 0 Å². The van der Waals surface area contributed by atoms with Gasteiger partial charge in [-0.3, -0.25) is 19.3 Å². The Balaban J connectivity index is 1.92. The normalized spacial score (nSPS) is 19.9. The summed E-state index contributed by atoms with van der Waals surface area (Å²) in [6.45, 7) is 1.94. The van der Waals surface area contributed by atoms with Crippen LogP contribution in [0.3, 0.4) is 0 Å². The molecule has 1 saturated heterocycles. The van der Waals surface area contributed by atoms with Gasteiger partial charge in [-0.25, -0.2) is 0 Å². The minimum atomic E-state index is -1.28. The first-order valence-electron chi connectivity index (χ1n) is 7.49. The van der Waals surface area contributed by atoms with E-state index in [9.17, 15) is 14.4 Å². The van der Waals surface area contributed by atoms with E-state index in [-0.39, 0.29) is 27.7 Å². The molecular weight excluding hydrogens is 373 g/mol. The van der Waals surface area contributed by atoms with E-state index >= 15 is 0 Å². The Hall–Kier alpha value is -1.67. The number of ether oxygens (including phenoxy) is 3. The van der Waals surface area contributed by atoms with Crippen molar-refractivity contribution in [3.05, 3.63) is 33.3 Å². The molecule has 1 aromatic rings. The molecule has 0 saturated carbocycles. The van der Waals surface area contributed by atoms with Crippen LogP contribution in [0.1, 0.15) is 27.6 Å². The van der Waals surface area contributed by atoms with Crippen molar-refractivity contribution in [1.29, 1.82) is 0 Å². The van der Waals surface area contributed by atoms with Crippen LogP contribution < -0.4 is 0 Å². The lowest BCUT2D eigenvalue weighted by Gasteiger charge is -2.32. The van der Waals surface area contributed by atoms with Crippen molar-refractivity contribution in [2.75, 3.05) is 26.9 Å². The number of benzene rings is 1. The number of carbonyl (C=O) groups excluding carboxylic acids is 3. The number of rotatable bonds is 4. The smallest absolute Gasteiger partial charge is 0.315 e. The van der Waals surface area contributed by atoms with Crippen molar-refractivity contribution in [2.45, 2.75) is 12.7 Å². The van der Waals surface area contributed by atoms with E-state index in [1.807, 2.05) is 0 Å². The van der Waals surface area contributed by atoms with Gasteiger partial charge >= 0.3 is 5.97 Å². The molecule has 2 heterocycles. The Morgan fingerprint density at radius 3 is 2.12 bits per heavy atom. The maximum absolute atomic E-state index is 12.6. The van der Waals surface area contributed by atoms with Gasteiger partial charge in [0.15, 0.2) is 5.79 Å². The summed E-state index contributed by atoms with van der Waals surface area (Å²) in [5.74, 6) is -4.04. The van der Waals surface area contributed by atoms with Crippen LogP contribution in [0.2, 0.25) is 10.0 Å². The minimum Gasteiger partial charge on any atom is -0.469 e. The van der Waals surface area contributed by atoms with Gasteiger partial charge < -0.3 is 14.2 Å². The SMILES string of the molecule is COC(=O)C(CN1C(=O)c2cc(Cl)c(Cl)cc2C1=O)C1(C)OCCO1. The predicted octanol–water partition coefficient (Wildman–Crippen LogP) is 2.14. The van der Waals surface area contributed by atoms with Crippen molar-refractivity contribution < 1.29 is 28.6 Å². The largest absolute Gasteiger partial charge is 0.469 e. The fourth-order valence-corrected chi connectivity index (χ4v) is 3.29. The summed E-state index contributed by atoms with van der Waals surface area (Å²) in [6.07, 6.45) is 0. The van der Waals surface area contributed by atoms with Gasteiger partial charge in [0.05, 0.1) is 41.5 Å². The van der Waals surface area contributed by atoms with Crippen LogP contribution in [-0.4, -0.2) is 55.3 Å². The molecule has 0 aromatic heterocycles. The summed E-state index contributed by atoms with van der Waals surface area (Å²) in [5, 5.41) is 0.338. The zero-order chi connectivity index (χ0) is 18.4. The highest BCUT2D eigenvalue weighted by Gasteiger charge is 2.49. The van der Waals surface area contributed by atoms with Crippen molar-refractivity contribution in [3.8, 4) is 0 Å². The molecule has 0 spiro atoms. The van der Waals surface area contributed by atoms with Crippen molar-refractivity contribution in [3.63, 3.8) is 0 Å². The molecule has 1 unspecified atom stereocenters. The fourth-order valence-electron chi connectivity index (χ4n) is 2.96. The van der Waals surface area contributed by atoms with Crippen molar-refractivity contribution >= 4 is 41.0 Å². The van der Waals surface area contributed by atoms with Crippen molar-refractivity contribution in [1.82, 2.24) is 4.90 Å². The summed E-state index contributed by atoms with van der Waals surface area (Å²) < 4.78 is 15.8. The molecule has 2 amide bonds. The number of fused-ring (bicyclic) bond motifs is 1. The van der Waals surface area contributed by atoms with Crippen LogP contribution in [0, 0.1) is 5.92 Å². The molecule has 0 N–H and O–H groups in total. The van der Waals surface area contributed by atoms with Gasteiger partial charge in [-0.15, -0.1) is 0 Å². The lowest BCUT2D eigenvalue weighted by molar-refractivity contribution is -0.199. The van der Waals surface area contributed by atoms with E-state index in [0.29, 0.717) is 13.2 Å². The number of imide groups is 1. The van der Waals surface area contributed by atoms with Crippen LogP contribution >= 0.6 is 23.2 Å². The van der Waals surface area contributed by atoms with E-state index < -0.39 is 29.5 Å². The number of nitrogens with zero attached hydrogens (tertiary/aromatic N) is 1. The second-order valence-electron chi connectivity index (χ2n) is 5.82. The average Bonchev–Trinajstić information content (AvgIpc) is 3.11. The summed E-state index contributed by atoms with van der Waals surface area (Å²) >= 11 is 11.9. The van der Waals surface area contributed by atoms with Crippen LogP contribution in [-0.2, 0) is 19.0 Å². The number of esters is 1. The maximum Gasteiger partial charge on any atom is 0.315 e. The molecule has 7 nitrogen and oxygen atoms in total. The van der Waals surface area contributed by atoms with E-state index in [2.05, 4.69) is 0 Å². The maximum atomic E-state index is 12.6. The number of hydrogen-bond donors (Lipinski definition) is 0. The topological polar surface area (TPSA) is 82.1 Å². The number of methoxy groups -OCH3 is 1. The zero-order valence-corrected chi connectivity index (χ0v) is 15.0. The third kappa shape index (κ3) is 3.01. The van der Waals surface area contributed by atoms with Gasteiger partial charge in [-0.1, -0.05) is 23.2 Å². The minimum absolute atomic E-state index is 0.140. The number of hydrogen-bond acceptors (Lipinski definition) is 6. The first kappa shape index (κ1) is 18.1.